The average molecular weight is 195 g/mol. The maximum absolute atomic E-state index is 5.85. The van der Waals surface area contributed by atoms with E-state index in [4.69, 9.17) is 11.6 Å². The van der Waals surface area contributed by atoms with E-state index in [0.717, 1.165) is 29.2 Å². The van der Waals surface area contributed by atoms with Gasteiger partial charge in [-0.1, -0.05) is 24.9 Å². The van der Waals surface area contributed by atoms with Gasteiger partial charge in [-0.05, 0) is 18.6 Å². The van der Waals surface area contributed by atoms with Crippen molar-refractivity contribution in [2.75, 3.05) is 0 Å². The van der Waals surface area contributed by atoms with Crippen molar-refractivity contribution in [3.05, 3.63) is 35.2 Å². The Labute approximate surface area is 82.2 Å². The van der Waals surface area contributed by atoms with Gasteiger partial charge in [0.2, 0.25) is 0 Å². The van der Waals surface area contributed by atoms with Crippen molar-refractivity contribution in [2.24, 2.45) is 0 Å². The minimum Gasteiger partial charge on any atom is -0.307 e. The molecule has 0 amide bonds. The van der Waals surface area contributed by atoms with Gasteiger partial charge in [0.05, 0.1) is 5.69 Å². The number of nitrogens with zero attached hydrogens (tertiary/aromatic N) is 2. The third kappa shape index (κ3) is 1.68. The Hall–Kier alpha value is -1.02. The lowest BCUT2D eigenvalue weighted by atomic mass is 10.3. The predicted octanol–water partition coefficient (Wildman–Crippen LogP) is 2.94. The molecule has 0 saturated carbocycles. The summed E-state index contributed by atoms with van der Waals surface area (Å²) in [4.78, 5) is 4.44. The molecule has 68 valence electrons. The highest BCUT2D eigenvalue weighted by molar-refractivity contribution is 6.30. The average Bonchev–Trinajstić information content (AvgIpc) is 2.46. The number of aromatic nitrogens is 2. The van der Waals surface area contributed by atoms with Crippen LogP contribution in [0, 0.1) is 0 Å². The molecular weight excluding hydrogens is 184 g/mol. The number of aryl methyl sites for hydroxylation is 1. The van der Waals surface area contributed by atoms with Crippen molar-refractivity contribution in [1.29, 1.82) is 0 Å². The zero-order valence-electron chi connectivity index (χ0n) is 7.50. The molecule has 2 nitrogen and oxygen atoms in total. The Morgan fingerprint density at radius 2 is 2.38 bits per heavy atom. The fraction of sp³-hybridized carbons (Fsp3) is 0.300. The van der Waals surface area contributed by atoms with Crippen molar-refractivity contribution in [1.82, 2.24) is 9.38 Å². The van der Waals surface area contributed by atoms with E-state index in [-0.39, 0.29) is 0 Å². The van der Waals surface area contributed by atoms with Gasteiger partial charge in [0.25, 0.3) is 0 Å². The number of halogens is 1. The van der Waals surface area contributed by atoms with Gasteiger partial charge < -0.3 is 4.40 Å². The lowest BCUT2D eigenvalue weighted by Gasteiger charge is -1.90. The van der Waals surface area contributed by atoms with Gasteiger partial charge in [0.15, 0.2) is 0 Å². The maximum atomic E-state index is 5.85. The monoisotopic (exact) mass is 194 g/mol. The molecule has 2 aromatic rings. The van der Waals surface area contributed by atoms with Crippen molar-refractivity contribution in [2.45, 2.75) is 19.8 Å². The molecule has 3 heteroatoms. The molecule has 0 spiro atoms. The zero-order valence-corrected chi connectivity index (χ0v) is 8.25. The summed E-state index contributed by atoms with van der Waals surface area (Å²) < 4.78 is 2.00. The van der Waals surface area contributed by atoms with Crippen molar-refractivity contribution in [3.8, 4) is 0 Å². The Morgan fingerprint density at radius 1 is 1.54 bits per heavy atom. The number of hydrogen-bond acceptors (Lipinski definition) is 1. The number of pyridine rings is 1. The highest BCUT2D eigenvalue weighted by Crippen LogP contribution is 2.12. The van der Waals surface area contributed by atoms with Gasteiger partial charge in [-0.3, -0.25) is 0 Å². The zero-order chi connectivity index (χ0) is 9.26. The normalized spacial score (nSPS) is 10.9. The molecule has 0 bridgehead atoms. The van der Waals surface area contributed by atoms with Crippen molar-refractivity contribution in [3.63, 3.8) is 0 Å². The van der Waals surface area contributed by atoms with Crippen LogP contribution >= 0.6 is 11.6 Å². The summed E-state index contributed by atoms with van der Waals surface area (Å²) >= 11 is 5.85. The third-order valence-electron chi connectivity index (χ3n) is 1.98. The van der Waals surface area contributed by atoms with Crippen LogP contribution in [0.1, 0.15) is 19.0 Å². The summed E-state index contributed by atoms with van der Waals surface area (Å²) in [5.41, 5.74) is 2.06. The second-order valence-corrected chi connectivity index (χ2v) is 3.53. The van der Waals surface area contributed by atoms with Crippen LogP contribution in [0.2, 0.25) is 5.02 Å². The van der Waals surface area contributed by atoms with Gasteiger partial charge in [-0.15, -0.1) is 0 Å². The predicted molar refractivity (Wildman–Crippen MR) is 54.2 cm³/mol. The quantitative estimate of drug-likeness (QED) is 0.719. The minimum atomic E-state index is 0.737. The van der Waals surface area contributed by atoms with Crippen molar-refractivity contribution < 1.29 is 0 Å². The Bertz CT molecular complexity index is 420. The van der Waals surface area contributed by atoms with Crippen LogP contribution < -0.4 is 0 Å². The molecule has 2 rings (SSSR count). The molecule has 0 aliphatic heterocycles. The molecule has 0 fully saturated rings. The molecule has 2 aromatic heterocycles. The number of hydrogen-bond donors (Lipinski definition) is 0. The molecule has 2 heterocycles. The van der Waals surface area contributed by atoms with E-state index < -0.39 is 0 Å². The minimum absolute atomic E-state index is 0.737. The maximum Gasteiger partial charge on any atom is 0.138 e. The third-order valence-corrected chi connectivity index (χ3v) is 2.21. The van der Waals surface area contributed by atoms with E-state index >= 15 is 0 Å². The molecule has 0 saturated heterocycles. The number of imidazole rings is 1. The number of fused-ring (bicyclic) bond motifs is 1. The fourth-order valence-electron chi connectivity index (χ4n) is 1.39. The Balaban J connectivity index is 2.49. The Morgan fingerprint density at radius 3 is 3.15 bits per heavy atom. The molecule has 0 N–H and O–H groups in total. The molecule has 0 atom stereocenters. The van der Waals surface area contributed by atoms with Crippen LogP contribution in [-0.2, 0) is 6.42 Å². The van der Waals surface area contributed by atoms with Gasteiger partial charge in [-0.25, -0.2) is 4.98 Å². The van der Waals surface area contributed by atoms with Gasteiger partial charge in [0.1, 0.15) is 5.65 Å². The first-order valence-electron chi connectivity index (χ1n) is 4.42. The second kappa shape index (κ2) is 3.38. The highest BCUT2D eigenvalue weighted by atomic mass is 35.5. The van der Waals surface area contributed by atoms with Crippen LogP contribution in [0.4, 0.5) is 0 Å². The molecule has 0 radical (unpaired) electrons. The highest BCUT2D eigenvalue weighted by Gasteiger charge is 2.00. The first-order valence-corrected chi connectivity index (χ1v) is 4.80. The van der Waals surface area contributed by atoms with Crippen LogP contribution in [0.25, 0.3) is 5.65 Å². The van der Waals surface area contributed by atoms with Gasteiger partial charge >= 0.3 is 0 Å². The largest absolute Gasteiger partial charge is 0.307 e. The molecular formula is C10H11ClN2. The standard InChI is InChI=1S/C10H11ClN2/c1-2-3-9-7-13-5-4-8(11)6-10(13)12-9/h4-7H,2-3H2,1H3. The van der Waals surface area contributed by atoms with Crippen LogP contribution in [0.3, 0.4) is 0 Å². The Kier molecular flexibility index (Phi) is 2.23. The molecule has 0 unspecified atom stereocenters. The van der Waals surface area contributed by atoms with Gasteiger partial charge in [-0.2, -0.15) is 0 Å². The van der Waals surface area contributed by atoms with Crippen molar-refractivity contribution >= 4 is 17.2 Å². The topological polar surface area (TPSA) is 17.3 Å². The van der Waals surface area contributed by atoms with E-state index in [9.17, 15) is 0 Å². The first kappa shape index (κ1) is 8.57. The number of rotatable bonds is 2. The van der Waals surface area contributed by atoms with Crippen LogP contribution in [0.15, 0.2) is 24.5 Å². The van der Waals surface area contributed by atoms with E-state index in [1.54, 1.807) is 0 Å². The lowest BCUT2D eigenvalue weighted by molar-refractivity contribution is 0.894. The molecule has 13 heavy (non-hydrogen) atoms. The van der Waals surface area contributed by atoms with E-state index in [0.29, 0.717) is 0 Å². The summed E-state index contributed by atoms with van der Waals surface area (Å²) in [5.74, 6) is 0. The smallest absolute Gasteiger partial charge is 0.138 e. The summed E-state index contributed by atoms with van der Waals surface area (Å²) in [6, 6.07) is 3.74. The molecule has 0 aliphatic carbocycles. The molecule has 0 aliphatic rings. The fourth-order valence-corrected chi connectivity index (χ4v) is 1.54. The van der Waals surface area contributed by atoms with Crippen LogP contribution in [-0.4, -0.2) is 9.38 Å². The summed E-state index contributed by atoms with van der Waals surface area (Å²) in [6.07, 6.45) is 6.13. The molecule has 0 aromatic carbocycles. The summed E-state index contributed by atoms with van der Waals surface area (Å²) in [6.45, 7) is 2.15. The van der Waals surface area contributed by atoms with Crippen LogP contribution in [0.5, 0.6) is 0 Å². The van der Waals surface area contributed by atoms with E-state index in [2.05, 4.69) is 18.1 Å². The SMILES string of the molecule is CCCc1cn2ccc(Cl)cc2n1. The van der Waals surface area contributed by atoms with Gasteiger partial charge in [0, 0.05) is 17.4 Å². The first-order chi connectivity index (χ1) is 6.29. The summed E-state index contributed by atoms with van der Waals surface area (Å²) in [5, 5.41) is 0.737. The lowest BCUT2D eigenvalue weighted by Crippen LogP contribution is -1.79. The summed E-state index contributed by atoms with van der Waals surface area (Å²) in [7, 11) is 0. The van der Waals surface area contributed by atoms with E-state index in [1.807, 2.05) is 22.7 Å². The second-order valence-electron chi connectivity index (χ2n) is 3.09. The van der Waals surface area contributed by atoms with E-state index in [1.165, 1.54) is 0 Å².